The Labute approximate surface area is 126 Å². The standard InChI is InChI=1S/C16H22N4O/c1-18-16(20(2)11-15-6-7-21-12-15)19-10-14-5-3-4-13(8-14)9-17/h3-5,8,15H,6-7,10-12H2,1-2H3,(H,18,19). The minimum Gasteiger partial charge on any atom is -0.381 e. The van der Waals surface area contributed by atoms with E-state index in [2.05, 4.69) is 21.3 Å². The molecule has 0 bridgehead atoms. The Morgan fingerprint density at radius 3 is 3.10 bits per heavy atom. The summed E-state index contributed by atoms with van der Waals surface area (Å²) in [5, 5.41) is 12.3. The Kier molecular flexibility index (Phi) is 5.59. The van der Waals surface area contributed by atoms with Gasteiger partial charge in [-0.2, -0.15) is 5.26 Å². The van der Waals surface area contributed by atoms with Gasteiger partial charge in [-0.15, -0.1) is 0 Å². The van der Waals surface area contributed by atoms with Crippen molar-refractivity contribution in [1.82, 2.24) is 10.2 Å². The molecule has 0 spiro atoms. The largest absolute Gasteiger partial charge is 0.381 e. The second-order valence-electron chi connectivity index (χ2n) is 5.32. The SMILES string of the molecule is CN=C(NCc1cccc(C#N)c1)N(C)CC1CCOC1. The number of nitrogens with one attached hydrogen (secondary N) is 1. The maximum atomic E-state index is 8.92. The summed E-state index contributed by atoms with van der Waals surface area (Å²) in [6, 6.07) is 9.77. The minimum absolute atomic E-state index is 0.579. The van der Waals surface area contributed by atoms with Gasteiger partial charge in [0, 0.05) is 39.7 Å². The number of hydrogen-bond acceptors (Lipinski definition) is 3. The Bertz CT molecular complexity index is 529. The van der Waals surface area contributed by atoms with Crippen molar-refractivity contribution in [3.8, 4) is 6.07 Å². The number of guanidine groups is 1. The highest BCUT2D eigenvalue weighted by molar-refractivity contribution is 5.79. The van der Waals surface area contributed by atoms with E-state index in [0.717, 1.165) is 37.7 Å². The predicted molar refractivity (Wildman–Crippen MR) is 82.9 cm³/mol. The highest BCUT2D eigenvalue weighted by Gasteiger charge is 2.18. The maximum Gasteiger partial charge on any atom is 0.193 e. The summed E-state index contributed by atoms with van der Waals surface area (Å²) in [5.41, 5.74) is 1.76. The molecule has 1 N–H and O–H groups in total. The lowest BCUT2D eigenvalue weighted by Gasteiger charge is -2.24. The van der Waals surface area contributed by atoms with Gasteiger partial charge in [0.15, 0.2) is 5.96 Å². The van der Waals surface area contributed by atoms with Gasteiger partial charge in [-0.05, 0) is 24.1 Å². The van der Waals surface area contributed by atoms with Crippen molar-refractivity contribution in [2.45, 2.75) is 13.0 Å². The first kappa shape index (κ1) is 15.3. The molecule has 0 aromatic heterocycles. The van der Waals surface area contributed by atoms with Gasteiger partial charge in [-0.1, -0.05) is 12.1 Å². The smallest absolute Gasteiger partial charge is 0.193 e. The summed E-state index contributed by atoms with van der Waals surface area (Å²) in [4.78, 5) is 6.45. The topological polar surface area (TPSA) is 60.7 Å². The third-order valence-corrected chi connectivity index (χ3v) is 3.64. The van der Waals surface area contributed by atoms with Crippen LogP contribution in [-0.4, -0.2) is 44.7 Å². The molecule has 1 aliphatic heterocycles. The van der Waals surface area contributed by atoms with Crippen molar-refractivity contribution in [3.05, 3.63) is 35.4 Å². The number of nitriles is 1. The fourth-order valence-electron chi connectivity index (χ4n) is 2.52. The molecule has 1 aromatic carbocycles. The Morgan fingerprint density at radius 2 is 2.43 bits per heavy atom. The van der Waals surface area contributed by atoms with Gasteiger partial charge >= 0.3 is 0 Å². The fourth-order valence-corrected chi connectivity index (χ4v) is 2.52. The molecule has 1 saturated heterocycles. The molecule has 112 valence electrons. The lowest BCUT2D eigenvalue weighted by molar-refractivity contribution is 0.181. The fraction of sp³-hybridized carbons (Fsp3) is 0.500. The zero-order valence-electron chi connectivity index (χ0n) is 12.7. The van der Waals surface area contributed by atoms with Crippen molar-refractivity contribution in [1.29, 1.82) is 5.26 Å². The molecule has 0 amide bonds. The van der Waals surface area contributed by atoms with E-state index in [1.54, 1.807) is 7.05 Å². The van der Waals surface area contributed by atoms with Gasteiger partial charge < -0.3 is 15.0 Å². The number of aliphatic imine (C=N–C) groups is 1. The molecule has 0 saturated carbocycles. The Balaban J connectivity index is 1.88. The van der Waals surface area contributed by atoms with Crippen LogP contribution in [-0.2, 0) is 11.3 Å². The molecule has 0 aliphatic carbocycles. The number of benzene rings is 1. The van der Waals surface area contributed by atoms with E-state index in [9.17, 15) is 0 Å². The molecular formula is C16H22N4O. The lowest BCUT2D eigenvalue weighted by atomic mass is 10.1. The Hall–Kier alpha value is -2.06. The van der Waals surface area contributed by atoms with Crippen LogP contribution in [0.3, 0.4) is 0 Å². The molecule has 5 heteroatoms. The van der Waals surface area contributed by atoms with Crippen LogP contribution in [0.4, 0.5) is 0 Å². The first-order valence-electron chi connectivity index (χ1n) is 7.21. The highest BCUT2D eigenvalue weighted by atomic mass is 16.5. The van der Waals surface area contributed by atoms with Crippen LogP contribution in [0.5, 0.6) is 0 Å². The Morgan fingerprint density at radius 1 is 1.57 bits per heavy atom. The number of nitrogens with zero attached hydrogens (tertiary/aromatic N) is 3. The molecule has 21 heavy (non-hydrogen) atoms. The van der Waals surface area contributed by atoms with Crippen LogP contribution in [0.1, 0.15) is 17.5 Å². The second-order valence-corrected chi connectivity index (χ2v) is 5.32. The average Bonchev–Trinajstić information content (AvgIpc) is 3.01. The first-order valence-corrected chi connectivity index (χ1v) is 7.21. The number of rotatable bonds is 4. The van der Waals surface area contributed by atoms with Crippen molar-refractivity contribution in [3.63, 3.8) is 0 Å². The van der Waals surface area contributed by atoms with Crippen LogP contribution in [0.25, 0.3) is 0 Å². The van der Waals surface area contributed by atoms with E-state index in [1.165, 1.54) is 0 Å². The van der Waals surface area contributed by atoms with E-state index in [1.807, 2.05) is 31.3 Å². The molecule has 1 aromatic rings. The van der Waals surface area contributed by atoms with Crippen molar-refractivity contribution >= 4 is 5.96 Å². The molecule has 1 fully saturated rings. The van der Waals surface area contributed by atoms with Gasteiger partial charge in [-0.3, -0.25) is 4.99 Å². The molecule has 1 atom stereocenters. The van der Waals surface area contributed by atoms with Crippen molar-refractivity contribution in [2.75, 3.05) is 33.9 Å². The molecule has 1 unspecified atom stereocenters. The van der Waals surface area contributed by atoms with Gasteiger partial charge in [0.25, 0.3) is 0 Å². The third kappa shape index (κ3) is 4.47. The molecule has 2 rings (SSSR count). The maximum absolute atomic E-state index is 8.92. The number of ether oxygens (including phenoxy) is 1. The molecule has 0 radical (unpaired) electrons. The van der Waals surface area contributed by atoms with Crippen LogP contribution < -0.4 is 5.32 Å². The van der Waals surface area contributed by atoms with E-state index in [0.29, 0.717) is 18.0 Å². The summed E-state index contributed by atoms with van der Waals surface area (Å²) >= 11 is 0. The van der Waals surface area contributed by atoms with E-state index < -0.39 is 0 Å². The lowest BCUT2D eigenvalue weighted by Crippen LogP contribution is -2.41. The van der Waals surface area contributed by atoms with Crippen LogP contribution in [0.15, 0.2) is 29.3 Å². The second kappa shape index (κ2) is 7.65. The molecule has 5 nitrogen and oxygen atoms in total. The van der Waals surface area contributed by atoms with Crippen LogP contribution >= 0.6 is 0 Å². The van der Waals surface area contributed by atoms with Crippen LogP contribution in [0, 0.1) is 17.2 Å². The van der Waals surface area contributed by atoms with E-state index in [-0.39, 0.29) is 0 Å². The monoisotopic (exact) mass is 286 g/mol. The van der Waals surface area contributed by atoms with Gasteiger partial charge in [0.2, 0.25) is 0 Å². The van der Waals surface area contributed by atoms with Crippen molar-refractivity contribution < 1.29 is 4.74 Å². The summed E-state index contributed by atoms with van der Waals surface area (Å²) in [5.74, 6) is 1.44. The quantitative estimate of drug-likeness (QED) is 0.674. The van der Waals surface area contributed by atoms with E-state index in [4.69, 9.17) is 10.00 Å². The van der Waals surface area contributed by atoms with Gasteiger partial charge in [-0.25, -0.2) is 0 Å². The summed E-state index contributed by atoms with van der Waals surface area (Å²) in [7, 11) is 3.83. The normalized spacial score (nSPS) is 18.3. The minimum atomic E-state index is 0.579. The highest BCUT2D eigenvalue weighted by Crippen LogP contribution is 2.13. The summed E-state index contributed by atoms with van der Waals surface area (Å²) in [6.07, 6.45) is 1.12. The zero-order chi connectivity index (χ0) is 15.1. The average molecular weight is 286 g/mol. The van der Waals surface area contributed by atoms with E-state index >= 15 is 0 Å². The summed E-state index contributed by atoms with van der Waals surface area (Å²) in [6.45, 7) is 3.31. The molecule has 1 aliphatic rings. The van der Waals surface area contributed by atoms with Gasteiger partial charge in [0.05, 0.1) is 18.2 Å². The van der Waals surface area contributed by atoms with Crippen LogP contribution in [0.2, 0.25) is 0 Å². The van der Waals surface area contributed by atoms with Crippen molar-refractivity contribution in [2.24, 2.45) is 10.9 Å². The third-order valence-electron chi connectivity index (χ3n) is 3.64. The number of hydrogen-bond donors (Lipinski definition) is 1. The first-order chi connectivity index (χ1) is 10.2. The predicted octanol–water partition coefficient (Wildman–Crippen LogP) is 1.60. The molecular weight excluding hydrogens is 264 g/mol. The zero-order valence-corrected chi connectivity index (χ0v) is 12.7. The molecule has 1 heterocycles. The summed E-state index contributed by atoms with van der Waals surface area (Å²) < 4.78 is 5.41. The van der Waals surface area contributed by atoms with Gasteiger partial charge in [0.1, 0.15) is 0 Å².